The van der Waals surface area contributed by atoms with E-state index in [1.807, 2.05) is 60.4 Å². The van der Waals surface area contributed by atoms with Gasteiger partial charge in [0.15, 0.2) is 0 Å². The Kier molecular flexibility index (Phi) is 13.9. The zero-order valence-corrected chi connectivity index (χ0v) is 23.5. The predicted molar refractivity (Wildman–Crippen MR) is 157 cm³/mol. The second-order valence-electron chi connectivity index (χ2n) is 9.35. The van der Waals surface area contributed by atoms with Crippen LogP contribution in [0.3, 0.4) is 0 Å². The van der Waals surface area contributed by atoms with Crippen molar-refractivity contribution in [3.63, 3.8) is 0 Å². The highest BCUT2D eigenvalue weighted by Gasteiger charge is 2.18. The van der Waals surface area contributed by atoms with Gasteiger partial charge in [-0.15, -0.1) is 13.2 Å². The molecule has 2 aromatic heterocycles. The predicted octanol–water partition coefficient (Wildman–Crippen LogP) is 6.69. The monoisotopic (exact) mass is 520 g/mol. The van der Waals surface area contributed by atoms with Crippen LogP contribution in [0.1, 0.15) is 66.6 Å². The third-order valence-electron chi connectivity index (χ3n) is 6.38. The maximum Gasteiger partial charge on any atom is 0.337 e. The van der Waals surface area contributed by atoms with Gasteiger partial charge in [0.25, 0.3) is 0 Å². The Hall–Kier alpha value is -3.45. The van der Waals surface area contributed by atoms with Crippen LogP contribution in [0.25, 0.3) is 10.9 Å². The maximum absolute atomic E-state index is 11.6. The van der Waals surface area contributed by atoms with Crippen LogP contribution < -0.4 is 5.32 Å². The average Bonchev–Trinajstić information content (AvgIpc) is 3.28. The van der Waals surface area contributed by atoms with Crippen molar-refractivity contribution < 1.29 is 14.3 Å². The molecule has 1 N–H and O–H groups in total. The second kappa shape index (κ2) is 17.1. The van der Waals surface area contributed by atoms with Crippen molar-refractivity contribution >= 4 is 22.7 Å². The number of pyridine rings is 1. The number of benzene rings is 1. The molecule has 0 saturated heterocycles. The minimum Gasteiger partial charge on any atom is -0.465 e. The smallest absolute Gasteiger partial charge is 0.337 e. The number of esters is 1. The quantitative estimate of drug-likeness (QED) is 0.192. The van der Waals surface area contributed by atoms with Gasteiger partial charge in [-0.05, 0) is 62.3 Å². The van der Waals surface area contributed by atoms with Gasteiger partial charge in [-0.25, -0.2) is 9.78 Å². The van der Waals surface area contributed by atoms with Crippen molar-refractivity contribution in [2.45, 2.75) is 63.8 Å². The first-order valence-electron chi connectivity index (χ1n) is 13.3. The molecule has 4 rings (SSSR count). The lowest BCUT2D eigenvalue weighted by atomic mass is 9.95. The summed E-state index contributed by atoms with van der Waals surface area (Å²) in [5.74, 6) is 0.648. The maximum atomic E-state index is 11.6. The summed E-state index contributed by atoms with van der Waals surface area (Å²) in [5, 5.41) is 9.60. The molecule has 0 atom stereocenters. The van der Waals surface area contributed by atoms with Gasteiger partial charge >= 0.3 is 5.97 Å². The number of nitrogens with one attached hydrogen (secondary N) is 1. The molecule has 2 heterocycles. The molecule has 0 radical (unpaired) electrons. The fourth-order valence-corrected chi connectivity index (χ4v) is 4.44. The van der Waals surface area contributed by atoms with Crippen molar-refractivity contribution in [1.29, 1.82) is 0 Å². The molecule has 38 heavy (non-hydrogen) atoms. The standard InChI is InChI=1S/C23H28N4O2.C6H10.C2H6O/c1-27-20-14-15-24-22(25-18-6-4-3-5-7-18)21(20)19(26-27)13-10-16-8-11-17(12-9-16)23(28)29-2;1-3-5-6-4-2;1-3-2/h8-9,11-12,14-15,18H,3-7,10,13H2,1-2H3,(H,24,25);3-4H,1-2,5-6H2;1-2H3. The van der Waals surface area contributed by atoms with E-state index in [2.05, 4.69) is 28.2 Å². The molecular weight excluding hydrogens is 476 g/mol. The zero-order valence-electron chi connectivity index (χ0n) is 23.5. The number of hydrogen-bond donors (Lipinski definition) is 1. The van der Waals surface area contributed by atoms with E-state index in [1.165, 1.54) is 44.8 Å². The zero-order chi connectivity index (χ0) is 27.8. The summed E-state index contributed by atoms with van der Waals surface area (Å²) in [6.07, 6.45) is 15.8. The van der Waals surface area contributed by atoms with Crippen LogP contribution >= 0.6 is 0 Å². The third-order valence-corrected chi connectivity index (χ3v) is 6.38. The van der Waals surface area contributed by atoms with E-state index in [0.717, 1.165) is 48.1 Å². The first-order valence-corrected chi connectivity index (χ1v) is 13.3. The van der Waals surface area contributed by atoms with Crippen LogP contribution in [0.5, 0.6) is 0 Å². The molecule has 1 aromatic carbocycles. The van der Waals surface area contributed by atoms with Crippen molar-refractivity contribution in [3.8, 4) is 0 Å². The summed E-state index contributed by atoms with van der Waals surface area (Å²) >= 11 is 0. The van der Waals surface area contributed by atoms with Crippen LogP contribution in [-0.2, 0) is 29.4 Å². The fraction of sp³-hybridized carbons (Fsp3) is 0.452. The molecule has 0 unspecified atom stereocenters. The average molecular weight is 521 g/mol. The Balaban J connectivity index is 0.000000490. The molecule has 1 aliphatic carbocycles. The van der Waals surface area contributed by atoms with Gasteiger partial charge in [0.05, 0.1) is 29.3 Å². The van der Waals surface area contributed by atoms with E-state index >= 15 is 0 Å². The molecule has 0 aliphatic heterocycles. The molecule has 0 spiro atoms. The number of allylic oxidation sites excluding steroid dienone is 2. The first-order chi connectivity index (χ1) is 18.5. The Bertz CT molecular complexity index is 1120. The van der Waals surface area contributed by atoms with Crippen molar-refractivity contribution in [3.05, 3.63) is 78.7 Å². The van der Waals surface area contributed by atoms with Crippen LogP contribution in [0.2, 0.25) is 0 Å². The van der Waals surface area contributed by atoms with E-state index in [4.69, 9.17) is 9.84 Å². The van der Waals surface area contributed by atoms with Crippen molar-refractivity contribution in [1.82, 2.24) is 14.8 Å². The van der Waals surface area contributed by atoms with Gasteiger partial charge in [-0.2, -0.15) is 5.10 Å². The molecule has 1 saturated carbocycles. The molecule has 0 amide bonds. The number of ether oxygens (including phenoxy) is 2. The number of anilines is 1. The summed E-state index contributed by atoms with van der Waals surface area (Å²) in [6.45, 7) is 7.10. The van der Waals surface area contributed by atoms with Crippen LogP contribution in [0.15, 0.2) is 61.8 Å². The molecule has 0 bridgehead atoms. The highest BCUT2D eigenvalue weighted by atomic mass is 16.5. The van der Waals surface area contributed by atoms with Crippen molar-refractivity contribution in [2.75, 3.05) is 26.6 Å². The number of rotatable bonds is 9. The SMILES string of the molecule is C=CCCC=C.COC.COC(=O)c1ccc(CCc2nn(C)c3ccnc(NC4CCCCC4)c23)cc1. The van der Waals surface area contributed by atoms with E-state index in [-0.39, 0.29) is 5.97 Å². The Morgan fingerprint density at radius 2 is 1.66 bits per heavy atom. The highest BCUT2D eigenvalue weighted by Crippen LogP contribution is 2.28. The van der Waals surface area contributed by atoms with Crippen molar-refractivity contribution in [2.24, 2.45) is 7.05 Å². The molecule has 7 heteroatoms. The summed E-state index contributed by atoms with van der Waals surface area (Å²) in [5.41, 5.74) is 3.91. The van der Waals surface area contributed by atoms with Gasteiger partial charge in [-0.1, -0.05) is 43.5 Å². The second-order valence-corrected chi connectivity index (χ2v) is 9.35. The number of carbonyl (C=O) groups is 1. The van der Waals surface area contributed by atoms with Crippen LogP contribution in [0, 0.1) is 0 Å². The number of aryl methyl sites for hydroxylation is 3. The Morgan fingerprint density at radius 3 is 2.24 bits per heavy atom. The van der Waals surface area contributed by atoms with E-state index in [1.54, 1.807) is 14.2 Å². The van der Waals surface area contributed by atoms with Gasteiger partial charge < -0.3 is 14.8 Å². The largest absolute Gasteiger partial charge is 0.465 e. The summed E-state index contributed by atoms with van der Waals surface area (Å²) in [6, 6.07) is 10.1. The minimum absolute atomic E-state index is 0.309. The topological polar surface area (TPSA) is 78.3 Å². The number of methoxy groups -OCH3 is 2. The first kappa shape index (κ1) is 30.8. The Labute approximate surface area is 227 Å². The lowest BCUT2D eigenvalue weighted by Gasteiger charge is -2.23. The number of nitrogens with zero attached hydrogens (tertiary/aromatic N) is 3. The number of hydrogen-bond acceptors (Lipinski definition) is 6. The normalized spacial score (nSPS) is 12.9. The molecule has 206 valence electrons. The molecule has 3 aromatic rings. The van der Waals surface area contributed by atoms with Gasteiger partial charge in [-0.3, -0.25) is 4.68 Å². The number of unbranched alkanes of at least 4 members (excludes halogenated alkanes) is 1. The van der Waals surface area contributed by atoms with Crippen LogP contribution in [-0.4, -0.2) is 48.1 Å². The van der Waals surface area contributed by atoms with Crippen LogP contribution in [0.4, 0.5) is 5.82 Å². The summed E-state index contributed by atoms with van der Waals surface area (Å²) in [7, 11) is 6.64. The van der Waals surface area contributed by atoms with Gasteiger partial charge in [0, 0.05) is 33.5 Å². The van der Waals surface area contributed by atoms with Gasteiger partial charge in [0.1, 0.15) is 5.82 Å². The molecular formula is C31H44N4O3. The van der Waals surface area contributed by atoms with E-state index in [0.29, 0.717) is 11.6 Å². The molecule has 1 fully saturated rings. The fourth-order valence-electron chi connectivity index (χ4n) is 4.44. The van der Waals surface area contributed by atoms with E-state index in [9.17, 15) is 4.79 Å². The third kappa shape index (κ3) is 9.45. The van der Waals surface area contributed by atoms with Gasteiger partial charge in [0.2, 0.25) is 0 Å². The number of fused-ring (bicyclic) bond motifs is 1. The Morgan fingerprint density at radius 1 is 1.03 bits per heavy atom. The molecule has 1 aliphatic rings. The number of aromatic nitrogens is 3. The number of carbonyl (C=O) groups excluding carboxylic acids is 1. The molecule has 7 nitrogen and oxygen atoms in total. The highest BCUT2D eigenvalue weighted by molar-refractivity contribution is 5.92. The summed E-state index contributed by atoms with van der Waals surface area (Å²) in [4.78, 5) is 16.3. The van der Waals surface area contributed by atoms with E-state index < -0.39 is 0 Å². The minimum atomic E-state index is -0.309. The summed E-state index contributed by atoms with van der Waals surface area (Å²) < 4.78 is 11.0. The lowest BCUT2D eigenvalue weighted by molar-refractivity contribution is 0.0600. The lowest BCUT2D eigenvalue weighted by Crippen LogP contribution is -2.23.